The van der Waals surface area contributed by atoms with E-state index in [1.54, 1.807) is 4.90 Å². The lowest BCUT2D eigenvalue weighted by Crippen LogP contribution is -2.54. The van der Waals surface area contributed by atoms with E-state index in [0.29, 0.717) is 19.4 Å². The molecule has 3 rings (SSSR count). The van der Waals surface area contributed by atoms with E-state index in [-0.39, 0.29) is 18.5 Å². The summed E-state index contributed by atoms with van der Waals surface area (Å²) in [5, 5.41) is 0. The predicted molar refractivity (Wildman–Crippen MR) is 104 cm³/mol. The fraction of sp³-hybridized carbons (Fsp3) is 0.364. The van der Waals surface area contributed by atoms with Crippen molar-refractivity contribution in [3.05, 3.63) is 71.8 Å². The summed E-state index contributed by atoms with van der Waals surface area (Å²) in [6, 6.07) is 18.0. The Morgan fingerprint density at radius 2 is 1.63 bits per heavy atom. The summed E-state index contributed by atoms with van der Waals surface area (Å²) in [5.41, 5.74) is 8.11. The van der Waals surface area contributed by atoms with Crippen LogP contribution in [0.5, 0.6) is 0 Å². The Morgan fingerprint density at radius 1 is 1.00 bits per heavy atom. The summed E-state index contributed by atoms with van der Waals surface area (Å²) in [5.74, 6) is -0.529. The van der Waals surface area contributed by atoms with Crippen LogP contribution in [0, 0.1) is 0 Å². The van der Waals surface area contributed by atoms with Gasteiger partial charge in [0.15, 0.2) is 0 Å². The lowest BCUT2D eigenvalue weighted by molar-refractivity contribution is -0.158. The molecule has 0 unspecified atom stereocenters. The van der Waals surface area contributed by atoms with E-state index < -0.39 is 12.1 Å². The number of rotatable bonds is 6. The number of hydrogen-bond donors (Lipinski definition) is 1. The third kappa shape index (κ3) is 5.17. The predicted octanol–water partition coefficient (Wildman–Crippen LogP) is 2.68. The summed E-state index contributed by atoms with van der Waals surface area (Å²) in [7, 11) is 0. The second kappa shape index (κ2) is 9.33. The fourth-order valence-electron chi connectivity index (χ4n) is 3.43. The molecular formula is C22H26N2O3. The van der Waals surface area contributed by atoms with E-state index in [0.717, 1.165) is 24.0 Å². The summed E-state index contributed by atoms with van der Waals surface area (Å²) in [4.78, 5) is 27.1. The number of piperidine rings is 1. The fourth-order valence-corrected chi connectivity index (χ4v) is 3.43. The van der Waals surface area contributed by atoms with Crippen LogP contribution in [0.4, 0.5) is 0 Å². The molecule has 2 aromatic carbocycles. The van der Waals surface area contributed by atoms with Gasteiger partial charge in [-0.15, -0.1) is 0 Å². The Labute approximate surface area is 160 Å². The highest BCUT2D eigenvalue weighted by Gasteiger charge is 2.35. The molecule has 2 atom stereocenters. The largest absolute Gasteiger partial charge is 0.459 e. The van der Waals surface area contributed by atoms with Gasteiger partial charge in [0.1, 0.15) is 12.6 Å². The van der Waals surface area contributed by atoms with Crippen LogP contribution in [0.1, 0.15) is 30.4 Å². The highest BCUT2D eigenvalue weighted by molar-refractivity contribution is 5.88. The molecule has 27 heavy (non-hydrogen) atoms. The molecule has 0 bridgehead atoms. The van der Waals surface area contributed by atoms with Crippen LogP contribution in [0.25, 0.3) is 0 Å². The zero-order chi connectivity index (χ0) is 19.1. The summed E-state index contributed by atoms with van der Waals surface area (Å²) in [6.45, 7) is 0.765. The lowest BCUT2D eigenvalue weighted by atomic mass is 9.99. The molecule has 1 heterocycles. The topological polar surface area (TPSA) is 72.6 Å². The van der Waals surface area contributed by atoms with Crippen LogP contribution < -0.4 is 5.73 Å². The third-order valence-electron chi connectivity index (χ3n) is 4.90. The van der Waals surface area contributed by atoms with Crippen molar-refractivity contribution in [2.75, 3.05) is 6.54 Å². The molecule has 0 aromatic heterocycles. The number of ether oxygens (including phenoxy) is 1. The van der Waals surface area contributed by atoms with Crippen LogP contribution in [0.3, 0.4) is 0 Å². The van der Waals surface area contributed by atoms with Crippen molar-refractivity contribution in [3.63, 3.8) is 0 Å². The van der Waals surface area contributed by atoms with Crippen LogP contribution in [-0.2, 0) is 27.4 Å². The molecule has 1 fully saturated rings. The summed E-state index contributed by atoms with van der Waals surface area (Å²) >= 11 is 0. The molecule has 2 N–H and O–H groups in total. The van der Waals surface area contributed by atoms with Crippen molar-refractivity contribution in [1.29, 1.82) is 0 Å². The zero-order valence-electron chi connectivity index (χ0n) is 15.4. The van der Waals surface area contributed by atoms with E-state index in [1.807, 2.05) is 60.7 Å². The number of benzene rings is 2. The standard InChI is InChI=1S/C22H26N2O3/c23-19(15-17-9-3-1-4-10-17)21(25)24-14-8-7-13-20(24)22(26)27-16-18-11-5-2-6-12-18/h1-6,9-12,19-20H,7-8,13-16,23H2/t19-,20+/m0/s1. The third-order valence-corrected chi connectivity index (χ3v) is 4.90. The molecule has 1 aliphatic heterocycles. The van der Waals surface area contributed by atoms with Gasteiger partial charge in [0.25, 0.3) is 0 Å². The number of carbonyl (C=O) groups excluding carboxylic acids is 2. The average molecular weight is 366 g/mol. The number of nitrogens with two attached hydrogens (primary N) is 1. The van der Waals surface area contributed by atoms with Crippen molar-refractivity contribution >= 4 is 11.9 Å². The molecule has 5 heteroatoms. The molecule has 2 aromatic rings. The zero-order valence-corrected chi connectivity index (χ0v) is 15.4. The Balaban J connectivity index is 1.61. The Morgan fingerprint density at radius 3 is 2.30 bits per heavy atom. The highest BCUT2D eigenvalue weighted by atomic mass is 16.5. The van der Waals surface area contributed by atoms with Crippen LogP contribution in [-0.4, -0.2) is 35.4 Å². The minimum absolute atomic E-state index is 0.180. The molecule has 0 spiro atoms. The maximum absolute atomic E-state index is 12.9. The first kappa shape index (κ1) is 19.1. The highest BCUT2D eigenvalue weighted by Crippen LogP contribution is 2.20. The monoisotopic (exact) mass is 366 g/mol. The van der Waals surface area contributed by atoms with Gasteiger partial charge in [-0.05, 0) is 36.8 Å². The second-order valence-electron chi connectivity index (χ2n) is 6.93. The maximum Gasteiger partial charge on any atom is 0.329 e. The van der Waals surface area contributed by atoms with Crippen molar-refractivity contribution in [1.82, 2.24) is 4.90 Å². The van der Waals surface area contributed by atoms with Gasteiger partial charge in [0, 0.05) is 6.54 Å². The molecule has 0 radical (unpaired) electrons. The van der Waals surface area contributed by atoms with E-state index in [9.17, 15) is 9.59 Å². The SMILES string of the molecule is N[C@@H](Cc1ccccc1)C(=O)N1CCCC[C@@H]1C(=O)OCc1ccccc1. The normalized spacial score (nSPS) is 18.0. The molecule has 1 saturated heterocycles. The smallest absolute Gasteiger partial charge is 0.329 e. The minimum atomic E-state index is -0.657. The molecule has 0 saturated carbocycles. The molecular weight excluding hydrogens is 340 g/mol. The first-order chi connectivity index (χ1) is 13.1. The van der Waals surface area contributed by atoms with Gasteiger partial charge >= 0.3 is 5.97 Å². The molecule has 1 aliphatic rings. The molecule has 1 amide bonds. The molecule has 142 valence electrons. The van der Waals surface area contributed by atoms with Crippen LogP contribution >= 0.6 is 0 Å². The number of likely N-dealkylation sites (tertiary alicyclic amines) is 1. The van der Waals surface area contributed by atoms with Crippen molar-refractivity contribution in [2.24, 2.45) is 5.73 Å². The lowest BCUT2D eigenvalue weighted by Gasteiger charge is -2.35. The first-order valence-corrected chi connectivity index (χ1v) is 9.45. The number of amides is 1. The van der Waals surface area contributed by atoms with Crippen molar-refractivity contribution in [2.45, 2.75) is 44.4 Å². The first-order valence-electron chi connectivity index (χ1n) is 9.45. The minimum Gasteiger partial charge on any atom is -0.459 e. The number of esters is 1. The van der Waals surface area contributed by atoms with Crippen LogP contribution in [0.2, 0.25) is 0 Å². The molecule has 5 nitrogen and oxygen atoms in total. The summed E-state index contributed by atoms with van der Waals surface area (Å²) in [6.07, 6.45) is 2.87. The Kier molecular flexibility index (Phi) is 6.60. The van der Waals surface area contributed by atoms with E-state index in [4.69, 9.17) is 10.5 Å². The van der Waals surface area contributed by atoms with Crippen LogP contribution in [0.15, 0.2) is 60.7 Å². The second-order valence-corrected chi connectivity index (χ2v) is 6.93. The van der Waals surface area contributed by atoms with Crippen molar-refractivity contribution in [3.8, 4) is 0 Å². The molecule has 0 aliphatic carbocycles. The van der Waals surface area contributed by atoms with Gasteiger partial charge in [-0.2, -0.15) is 0 Å². The summed E-state index contributed by atoms with van der Waals surface area (Å²) < 4.78 is 5.47. The van der Waals surface area contributed by atoms with E-state index in [2.05, 4.69) is 0 Å². The van der Waals surface area contributed by atoms with Gasteiger partial charge < -0.3 is 15.4 Å². The van der Waals surface area contributed by atoms with Crippen molar-refractivity contribution < 1.29 is 14.3 Å². The van der Waals surface area contributed by atoms with Gasteiger partial charge in [-0.3, -0.25) is 4.79 Å². The quantitative estimate of drug-likeness (QED) is 0.798. The van der Waals surface area contributed by atoms with Gasteiger partial charge in [-0.25, -0.2) is 4.79 Å². The average Bonchev–Trinajstić information content (AvgIpc) is 2.73. The Bertz CT molecular complexity index is 749. The van der Waals surface area contributed by atoms with E-state index >= 15 is 0 Å². The van der Waals surface area contributed by atoms with Gasteiger partial charge in [0.05, 0.1) is 6.04 Å². The Hall–Kier alpha value is -2.66. The van der Waals surface area contributed by atoms with Gasteiger partial charge in [-0.1, -0.05) is 60.7 Å². The van der Waals surface area contributed by atoms with Gasteiger partial charge in [0.2, 0.25) is 5.91 Å². The number of carbonyl (C=O) groups is 2. The number of nitrogens with zero attached hydrogens (tertiary/aromatic N) is 1. The maximum atomic E-state index is 12.9. The van der Waals surface area contributed by atoms with E-state index in [1.165, 1.54) is 0 Å². The number of hydrogen-bond acceptors (Lipinski definition) is 4.